The minimum absolute atomic E-state index is 0.0216. The normalized spacial score (nSPS) is 14.0. The van der Waals surface area contributed by atoms with Crippen molar-refractivity contribution in [3.8, 4) is 0 Å². The van der Waals surface area contributed by atoms with Gasteiger partial charge in [0.1, 0.15) is 4.90 Å². The van der Waals surface area contributed by atoms with Crippen molar-refractivity contribution in [2.75, 3.05) is 11.9 Å². The predicted octanol–water partition coefficient (Wildman–Crippen LogP) is 1.32. The number of amides is 2. The Morgan fingerprint density at radius 3 is 2.24 bits per heavy atom. The SMILES string of the molecule is Cc1cccc(C)c1NC(=O)CN.O=C1NS(=O)(=O)c2ccccc21. The van der Waals surface area contributed by atoms with E-state index in [1.165, 1.54) is 12.1 Å². The van der Waals surface area contributed by atoms with Gasteiger partial charge >= 0.3 is 0 Å². The fraction of sp³-hybridized carbons (Fsp3) is 0.176. The molecule has 0 aromatic heterocycles. The molecule has 132 valence electrons. The minimum Gasteiger partial charge on any atom is -0.324 e. The van der Waals surface area contributed by atoms with E-state index in [1.807, 2.05) is 36.8 Å². The molecule has 7 nitrogen and oxygen atoms in total. The summed E-state index contributed by atoms with van der Waals surface area (Å²) in [7, 11) is -3.55. The van der Waals surface area contributed by atoms with Crippen LogP contribution >= 0.6 is 0 Å². The van der Waals surface area contributed by atoms with Crippen molar-refractivity contribution in [1.82, 2.24) is 4.72 Å². The molecule has 1 aliphatic rings. The second kappa shape index (κ2) is 7.45. The van der Waals surface area contributed by atoms with Gasteiger partial charge in [-0.1, -0.05) is 30.3 Å². The van der Waals surface area contributed by atoms with Crippen LogP contribution < -0.4 is 15.8 Å². The summed E-state index contributed by atoms with van der Waals surface area (Å²) >= 11 is 0. The minimum atomic E-state index is -3.55. The zero-order chi connectivity index (χ0) is 18.6. The summed E-state index contributed by atoms with van der Waals surface area (Å²) in [4.78, 5) is 22.1. The number of para-hydroxylation sites is 1. The van der Waals surface area contributed by atoms with Crippen LogP contribution in [-0.2, 0) is 14.8 Å². The number of rotatable bonds is 2. The third-order valence-corrected chi connectivity index (χ3v) is 4.97. The van der Waals surface area contributed by atoms with Crippen molar-refractivity contribution < 1.29 is 18.0 Å². The van der Waals surface area contributed by atoms with Crippen molar-refractivity contribution in [3.63, 3.8) is 0 Å². The van der Waals surface area contributed by atoms with Crippen LogP contribution in [0.25, 0.3) is 0 Å². The largest absolute Gasteiger partial charge is 0.324 e. The molecule has 4 N–H and O–H groups in total. The number of hydrogen-bond donors (Lipinski definition) is 3. The highest BCUT2D eigenvalue weighted by Crippen LogP contribution is 2.21. The summed E-state index contributed by atoms with van der Waals surface area (Å²) < 4.78 is 24.2. The van der Waals surface area contributed by atoms with Gasteiger partial charge in [0.25, 0.3) is 15.9 Å². The Labute approximate surface area is 146 Å². The van der Waals surface area contributed by atoms with E-state index in [4.69, 9.17) is 5.73 Å². The van der Waals surface area contributed by atoms with E-state index >= 15 is 0 Å². The Kier molecular flexibility index (Phi) is 5.55. The third-order valence-electron chi connectivity index (χ3n) is 3.58. The lowest BCUT2D eigenvalue weighted by atomic mass is 10.1. The molecule has 2 amide bonds. The molecule has 2 aromatic rings. The Morgan fingerprint density at radius 1 is 1.08 bits per heavy atom. The van der Waals surface area contributed by atoms with E-state index in [1.54, 1.807) is 12.1 Å². The van der Waals surface area contributed by atoms with Crippen LogP contribution in [-0.4, -0.2) is 26.8 Å². The van der Waals surface area contributed by atoms with Crippen LogP contribution in [0.3, 0.4) is 0 Å². The molecule has 0 unspecified atom stereocenters. The fourth-order valence-electron chi connectivity index (χ4n) is 2.32. The monoisotopic (exact) mass is 361 g/mol. The molecule has 0 saturated heterocycles. The second-order valence-electron chi connectivity index (χ2n) is 5.45. The summed E-state index contributed by atoms with van der Waals surface area (Å²) in [6, 6.07) is 12.0. The Bertz CT molecular complexity index is 903. The topological polar surface area (TPSA) is 118 Å². The number of anilines is 1. The first-order chi connectivity index (χ1) is 11.8. The average Bonchev–Trinajstić information content (AvgIpc) is 2.81. The predicted molar refractivity (Wildman–Crippen MR) is 94.7 cm³/mol. The molecule has 0 radical (unpaired) electrons. The van der Waals surface area contributed by atoms with Gasteiger partial charge in [0.05, 0.1) is 12.1 Å². The molecular formula is C17H19N3O4S. The highest BCUT2D eigenvalue weighted by atomic mass is 32.2. The number of sulfonamides is 1. The first-order valence-electron chi connectivity index (χ1n) is 7.48. The van der Waals surface area contributed by atoms with Crippen molar-refractivity contribution in [2.45, 2.75) is 18.7 Å². The molecule has 8 heteroatoms. The van der Waals surface area contributed by atoms with Gasteiger partial charge in [-0.3, -0.25) is 9.59 Å². The zero-order valence-corrected chi connectivity index (χ0v) is 14.7. The van der Waals surface area contributed by atoms with E-state index in [0.717, 1.165) is 16.8 Å². The molecule has 0 atom stereocenters. The Balaban J connectivity index is 0.000000181. The number of carbonyl (C=O) groups excluding carboxylic acids is 2. The molecular weight excluding hydrogens is 342 g/mol. The fourth-order valence-corrected chi connectivity index (χ4v) is 3.49. The van der Waals surface area contributed by atoms with Gasteiger partial charge in [0.2, 0.25) is 5.91 Å². The molecule has 1 aliphatic heterocycles. The summed E-state index contributed by atoms with van der Waals surface area (Å²) in [5.74, 6) is -0.706. The average molecular weight is 361 g/mol. The maximum atomic E-state index is 11.1. The quantitative estimate of drug-likeness (QED) is 0.745. The molecule has 0 saturated carbocycles. The summed E-state index contributed by atoms with van der Waals surface area (Å²) in [6.45, 7) is 3.94. The van der Waals surface area contributed by atoms with Crippen molar-refractivity contribution in [1.29, 1.82) is 0 Å². The van der Waals surface area contributed by atoms with E-state index in [0.29, 0.717) is 0 Å². The number of nitrogens with one attached hydrogen (secondary N) is 2. The lowest BCUT2D eigenvalue weighted by Crippen LogP contribution is -2.22. The van der Waals surface area contributed by atoms with Gasteiger partial charge < -0.3 is 11.1 Å². The van der Waals surface area contributed by atoms with Crippen molar-refractivity contribution in [3.05, 3.63) is 59.2 Å². The molecule has 0 bridgehead atoms. The van der Waals surface area contributed by atoms with Crippen LogP contribution in [0.15, 0.2) is 47.4 Å². The van der Waals surface area contributed by atoms with E-state index < -0.39 is 15.9 Å². The number of benzene rings is 2. The lowest BCUT2D eigenvalue weighted by molar-refractivity contribution is -0.114. The molecule has 0 spiro atoms. The molecule has 1 heterocycles. The van der Waals surface area contributed by atoms with Crippen molar-refractivity contribution >= 4 is 27.5 Å². The maximum Gasteiger partial charge on any atom is 0.266 e. The van der Waals surface area contributed by atoms with Gasteiger partial charge in [-0.2, -0.15) is 0 Å². The summed E-state index contributed by atoms with van der Waals surface area (Å²) in [6.07, 6.45) is 0. The highest BCUT2D eigenvalue weighted by Gasteiger charge is 2.31. The number of carbonyl (C=O) groups is 2. The van der Waals surface area contributed by atoms with Gasteiger partial charge in [-0.25, -0.2) is 13.1 Å². The van der Waals surface area contributed by atoms with Crippen LogP contribution in [0.5, 0.6) is 0 Å². The lowest BCUT2D eigenvalue weighted by Gasteiger charge is -2.09. The smallest absolute Gasteiger partial charge is 0.266 e. The molecule has 3 rings (SSSR count). The molecule has 0 fully saturated rings. The van der Waals surface area contributed by atoms with Gasteiger partial charge in [-0.05, 0) is 37.1 Å². The first kappa shape index (κ1) is 18.6. The molecule has 0 aliphatic carbocycles. The number of hydrogen-bond acceptors (Lipinski definition) is 5. The standard InChI is InChI=1S/C10H14N2O.C7H5NO3S/c1-7-4-3-5-8(2)10(7)12-9(13)6-11;9-7-5-3-1-2-4-6(5)12(10,11)8-7/h3-5H,6,11H2,1-2H3,(H,12,13);1-4H,(H,8,9). The highest BCUT2D eigenvalue weighted by molar-refractivity contribution is 7.90. The maximum absolute atomic E-state index is 11.1. The van der Waals surface area contributed by atoms with Crippen LogP contribution in [0.1, 0.15) is 21.5 Å². The Morgan fingerprint density at radius 2 is 1.68 bits per heavy atom. The second-order valence-corrected chi connectivity index (χ2v) is 7.10. The van der Waals surface area contributed by atoms with Gasteiger partial charge in [0.15, 0.2) is 0 Å². The summed E-state index contributed by atoms with van der Waals surface area (Å²) in [5.41, 5.74) is 8.42. The van der Waals surface area contributed by atoms with E-state index in [9.17, 15) is 18.0 Å². The van der Waals surface area contributed by atoms with Gasteiger partial charge in [0, 0.05) is 5.69 Å². The summed E-state index contributed by atoms with van der Waals surface area (Å²) in [5, 5.41) is 2.76. The van der Waals surface area contributed by atoms with Crippen LogP contribution in [0, 0.1) is 13.8 Å². The van der Waals surface area contributed by atoms with E-state index in [2.05, 4.69) is 5.32 Å². The first-order valence-corrected chi connectivity index (χ1v) is 8.97. The van der Waals surface area contributed by atoms with Crippen LogP contribution in [0.2, 0.25) is 0 Å². The molecule has 2 aromatic carbocycles. The third kappa shape index (κ3) is 4.23. The molecule has 25 heavy (non-hydrogen) atoms. The number of nitrogens with two attached hydrogens (primary N) is 1. The van der Waals surface area contributed by atoms with Crippen LogP contribution in [0.4, 0.5) is 5.69 Å². The Hall–Kier alpha value is -2.71. The zero-order valence-electron chi connectivity index (χ0n) is 13.9. The van der Waals surface area contributed by atoms with Crippen molar-refractivity contribution in [2.24, 2.45) is 5.73 Å². The van der Waals surface area contributed by atoms with Gasteiger partial charge in [-0.15, -0.1) is 0 Å². The number of aryl methyl sites for hydroxylation is 2. The van der Waals surface area contributed by atoms with E-state index in [-0.39, 0.29) is 22.9 Å². The number of fused-ring (bicyclic) bond motifs is 1.